The lowest BCUT2D eigenvalue weighted by Crippen LogP contribution is -2.49. The van der Waals surface area contributed by atoms with E-state index in [-0.39, 0.29) is 11.9 Å². The summed E-state index contributed by atoms with van der Waals surface area (Å²) < 4.78 is 2.46. The minimum absolute atomic E-state index is 0.236. The number of aryl methyl sites for hydroxylation is 1. The van der Waals surface area contributed by atoms with Crippen molar-refractivity contribution in [3.63, 3.8) is 0 Å². The van der Waals surface area contributed by atoms with Crippen molar-refractivity contribution in [2.24, 2.45) is 7.05 Å². The van der Waals surface area contributed by atoms with E-state index >= 15 is 0 Å². The van der Waals surface area contributed by atoms with Crippen molar-refractivity contribution in [1.82, 2.24) is 15.1 Å². The highest BCUT2D eigenvalue weighted by Crippen LogP contribution is 2.31. The number of imide groups is 1. The summed E-state index contributed by atoms with van der Waals surface area (Å²) in [6.07, 6.45) is 0.307. The number of hydrogen-bond donors (Lipinski definition) is 1. The number of para-hydroxylation sites is 1. The number of fused-ring (bicyclic) bond motifs is 1. The van der Waals surface area contributed by atoms with Gasteiger partial charge in [-0.25, -0.2) is 4.79 Å². The van der Waals surface area contributed by atoms with E-state index in [2.05, 4.69) is 26.3 Å². The molecule has 19 heavy (non-hydrogen) atoms. The molecule has 2 heterocycles. The first kappa shape index (κ1) is 12.2. The molecule has 0 saturated carbocycles. The monoisotopic (exact) mass is 322 g/mol. The van der Waals surface area contributed by atoms with Crippen LogP contribution in [0.25, 0.3) is 10.9 Å². The SMILES string of the molecule is Cn1nc(Br)c2cccc(N3CCC(=O)NC3=O)c21. The number of hydrogen-bond acceptors (Lipinski definition) is 3. The van der Waals surface area contributed by atoms with E-state index in [0.717, 1.165) is 21.2 Å². The van der Waals surface area contributed by atoms with Crippen LogP contribution in [-0.2, 0) is 11.8 Å². The van der Waals surface area contributed by atoms with Crippen LogP contribution in [0.4, 0.5) is 10.5 Å². The van der Waals surface area contributed by atoms with Gasteiger partial charge in [-0.15, -0.1) is 0 Å². The summed E-state index contributed by atoms with van der Waals surface area (Å²) in [6, 6.07) is 5.27. The predicted octanol–water partition coefficient (Wildman–Crippen LogP) is 1.78. The Kier molecular flexibility index (Phi) is 2.78. The number of benzene rings is 1. The molecule has 0 atom stereocenters. The maximum atomic E-state index is 11.9. The van der Waals surface area contributed by atoms with E-state index < -0.39 is 0 Å². The van der Waals surface area contributed by atoms with Crippen LogP contribution in [0.15, 0.2) is 22.8 Å². The van der Waals surface area contributed by atoms with Crippen LogP contribution >= 0.6 is 15.9 Å². The summed E-state index contributed by atoms with van der Waals surface area (Å²) in [6.45, 7) is 0.382. The lowest BCUT2D eigenvalue weighted by molar-refractivity contribution is -0.120. The number of anilines is 1. The molecule has 1 aromatic carbocycles. The Bertz CT molecular complexity index is 694. The number of carbonyl (C=O) groups is 2. The zero-order valence-corrected chi connectivity index (χ0v) is 11.8. The van der Waals surface area contributed by atoms with Gasteiger partial charge in [-0.3, -0.25) is 19.7 Å². The van der Waals surface area contributed by atoms with E-state index in [1.807, 2.05) is 25.2 Å². The molecule has 7 heteroatoms. The second-order valence-electron chi connectivity index (χ2n) is 4.34. The van der Waals surface area contributed by atoms with E-state index in [1.54, 1.807) is 9.58 Å². The maximum absolute atomic E-state index is 11.9. The van der Waals surface area contributed by atoms with Gasteiger partial charge in [-0.1, -0.05) is 6.07 Å². The molecule has 1 N–H and O–H groups in total. The third kappa shape index (κ3) is 1.90. The molecule has 1 aromatic heterocycles. The molecule has 0 aliphatic carbocycles. The highest BCUT2D eigenvalue weighted by molar-refractivity contribution is 9.10. The first-order chi connectivity index (χ1) is 9.08. The zero-order valence-electron chi connectivity index (χ0n) is 10.2. The molecule has 1 aliphatic heterocycles. The standard InChI is InChI=1S/C12H11BrN4O2/c1-16-10-7(11(13)15-16)3-2-4-8(10)17-6-5-9(18)14-12(17)19/h2-4H,5-6H2,1H3,(H,14,18,19). The molecular weight excluding hydrogens is 312 g/mol. The van der Waals surface area contributed by atoms with E-state index in [0.29, 0.717) is 13.0 Å². The van der Waals surface area contributed by atoms with Crippen molar-refractivity contribution in [3.05, 3.63) is 22.8 Å². The first-order valence-electron chi connectivity index (χ1n) is 5.80. The molecule has 0 unspecified atom stereocenters. The van der Waals surface area contributed by atoms with Crippen LogP contribution in [0.5, 0.6) is 0 Å². The van der Waals surface area contributed by atoms with Crippen LogP contribution < -0.4 is 10.2 Å². The molecule has 3 amide bonds. The third-order valence-electron chi connectivity index (χ3n) is 3.14. The fourth-order valence-corrected chi connectivity index (χ4v) is 2.84. The van der Waals surface area contributed by atoms with Gasteiger partial charge in [0.05, 0.1) is 11.2 Å². The largest absolute Gasteiger partial charge is 0.328 e. The van der Waals surface area contributed by atoms with Crippen LogP contribution in [0.2, 0.25) is 0 Å². The number of carbonyl (C=O) groups excluding carboxylic acids is 2. The van der Waals surface area contributed by atoms with Gasteiger partial charge in [-0.2, -0.15) is 5.10 Å². The smallest absolute Gasteiger partial charge is 0.291 e. The van der Waals surface area contributed by atoms with Crippen molar-refractivity contribution in [2.75, 3.05) is 11.4 Å². The first-order valence-corrected chi connectivity index (χ1v) is 6.60. The maximum Gasteiger partial charge on any atom is 0.328 e. The average molecular weight is 323 g/mol. The van der Waals surface area contributed by atoms with Gasteiger partial charge >= 0.3 is 6.03 Å². The lowest BCUT2D eigenvalue weighted by Gasteiger charge is -2.27. The topological polar surface area (TPSA) is 67.2 Å². The van der Waals surface area contributed by atoms with E-state index in [1.165, 1.54) is 0 Å². The Morgan fingerprint density at radius 3 is 2.89 bits per heavy atom. The normalized spacial score (nSPS) is 16.0. The molecule has 0 spiro atoms. The number of nitrogens with one attached hydrogen (secondary N) is 1. The molecule has 1 fully saturated rings. The number of halogens is 1. The number of nitrogens with zero attached hydrogens (tertiary/aromatic N) is 3. The predicted molar refractivity (Wildman–Crippen MR) is 73.9 cm³/mol. The van der Waals surface area contributed by atoms with Gasteiger partial charge in [0.15, 0.2) is 0 Å². The Hall–Kier alpha value is -1.89. The Balaban J connectivity index is 2.15. The molecule has 2 aromatic rings. The quantitative estimate of drug-likeness (QED) is 0.870. The summed E-state index contributed by atoms with van der Waals surface area (Å²) in [7, 11) is 1.82. The van der Waals surface area contributed by atoms with Gasteiger partial charge in [0.25, 0.3) is 0 Å². The van der Waals surface area contributed by atoms with Gasteiger partial charge < -0.3 is 0 Å². The summed E-state index contributed by atoms with van der Waals surface area (Å²) in [5, 5.41) is 7.55. The molecule has 1 aliphatic rings. The van der Waals surface area contributed by atoms with Gasteiger partial charge in [0.1, 0.15) is 4.60 Å². The second kappa shape index (κ2) is 4.34. The molecule has 0 radical (unpaired) electrons. The average Bonchev–Trinajstić information content (AvgIpc) is 2.65. The van der Waals surface area contributed by atoms with Crippen LogP contribution in [0, 0.1) is 0 Å². The van der Waals surface area contributed by atoms with Gasteiger partial charge in [0, 0.05) is 25.4 Å². The molecule has 98 valence electrons. The lowest BCUT2D eigenvalue weighted by atomic mass is 10.2. The second-order valence-corrected chi connectivity index (χ2v) is 5.09. The minimum Gasteiger partial charge on any atom is -0.291 e. The Morgan fingerprint density at radius 1 is 1.37 bits per heavy atom. The fraction of sp³-hybridized carbons (Fsp3) is 0.250. The number of rotatable bonds is 1. The Labute approximate surface area is 117 Å². The molecule has 0 bridgehead atoms. The minimum atomic E-state index is -0.388. The van der Waals surface area contributed by atoms with Crippen LogP contribution in [0.1, 0.15) is 6.42 Å². The molecular formula is C12H11BrN4O2. The number of aromatic nitrogens is 2. The van der Waals surface area contributed by atoms with Crippen LogP contribution in [-0.4, -0.2) is 28.3 Å². The summed E-state index contributed by atoms with van der Waals surface area (Å²) in [5.41, 5.74) is 1.61. The van der Waals surface area contributed by atoms with Crippen molar-refractivity contribution < 1.29 is 9.59 Å². The summed E-state index contributed by atoms with van der Waals surface area (Å²) >= 11 is 3.40. The van der Waals surface area contributed by atoms with Crippen molar-refractivity contribution >= 4 is 44.5 Å². The van der Waals surface area contributed by atoms with Gasteiger partial charge in [0.2, 0.25) is 5.91 Å². The third-order valence-corrected chi connectivity index (χ3v) is 3.73. The highest BCUT2D eigenvalue weighted by atomic mass is 79.9. The summed E-state index contributed by atoms with van der Waals surface area (Å²) in [4.78, 5) is 24.7. The van der Waals surface area contributed by atoms with Gasteiger partial charge in [-0.05, 0) is 28.1 Å². The molecule has 3 rings (SSSR count). The van der Waals surface area contributed by atoms with Crippen LogP contribution in [0.3, 0.4) is 0 Å². The van der Waals surface area contributed by atoms with Crippen molar-refractivity contribution in [3.8, 4) is 0 Å². The fourth-order valence-electron chi connectivity index (χ4n) is 2.29. The Morgan fingerprint density at radius 2 is 2.16 bits per heavy atom. The molecule has 1 saturated heterocycles. The van der Waals surface area contributed by atoms with Crippen molar-refractivity contribution in [1.29, 1.82) is 0 Å². The molecule has 6 nitrogen and oxygen atoms in total. The summed E-state index contributed by atoms with van der Waals surface area (Å²) in [5.74, 6) is -0.236. The van der Waals surface area contributed by atoms with Crippen molar-refractivity contribution in [2.45, 2.75) is 6.42 Å². The number of urea groups is 1. The van der Waals surface area contributed by atoms with E-state index in [4.69, 9.17) is 0 Å². The highest BCUT2D eigenvalue weighted by Gasteiger charge is 2.26. The zero-order chi connectivity index (χ0) is 13.6. The number of amides is 3. The van der Waals surface area contributed by atoms with E-state index in [9.17, 15) is 9.59 Å².